The first-order chi connectivity index (χ1) is 14.4. The molecule has 3 aromatic rings. The number of hydrogen-bond donors (Lipinski definition) is 3. The predicted octanol–water partition coefficient (Wildman–Crippen LogP) is 3.30. The van der Waals surface area contributed by atoms with Gasteiger partial charge in [0.1, 0.15) is 5.69 Å². The minimum atomic E-state index is -1.20. The molecule has 1 aliphatic heterocycles. The fraction of sp³-hybridized carbons (Fsp3) is 0.150. The third-order valence-electron chi connectivity index (χ3n) is 4.71. The summed E-state index contributed by atoms with van der Waals surface area (Å²) in [6.07, 6.45) is 0.815. The van der Waals surface area contributed by atoms with E-state index in [2.05, 4.69) is 27.0 Å². The first kappa shape index (κ1) is 20.0. The first-order valence-corrected chi connectivity index (χ1v) is 9.42. The van der Waals surface area contributed by atoms with Crippen LogP contribution in [0.15, 0.2) is 42.5 Å². The number of nitrogens with zero attached hydrogens (tertiary/aromatic N) is 2. The molecule has 0 unspecified atom stereocenters. The zero-order valence-corrected chi connectivity index (χ0v) is 16.3. The van der Waals surface area contributed by atoms with Crippen LogP contribution in [0.25, 0.3) is 0 Å². The number of amides is 2. The summed E-state index contributed by atoms with van der Waals surface area (Å²) >= 11 is 5.80. The number of hydrazine groups is 1. The van der Waals surface area contributed by atoms with E-state index in [1.807, 2.05) is 18.2 Å². The molecular formula is C20H16ClF2N5O2. The number of benzene rings is 2. The topological polar surface area (TPSA) is 90.1 Å². The van der Waals surface area contributed by atoms with Crippen LogP contribution in [-0.2, 0) is 13.0 Å². The highest BCUT2D eigenvalue weighted by atomic mass is 35.5. The molecular weight excluding hydrogens is 416 g/mol. The van der Waals surface area contributed by atoms with Gasteiger partial charge in [-0.05, 0) is 29.7 Å². The van der Waals surface area contributed by atoms with E-state index in [0.717, 1.165) is 12.0 Å². The van der Waals surface area contributed by atoms with E-state index >= 15 is 0 Å². The molecule has 0 spiro atoms. The molecule has 4 rings (SSSR count). The third kappa shape index (κ3) is 4.17. The summed E-state index contributed by atoms with van der Waals surface area (Å²) in [7, 11) is 0. The lowest BCUT2D eigenvalue weighted by Crippen LogP contribution is -2.45. The van der Waals surface area contributed by atoms with Crippen molar-refractivity contribution in [2.75, 3.05) is 11.9 Å². The van der Waals surface area contributed by atoms with Gasteiger partial charge in [-0.3, -0.25) is 20.1 Å². The molecule has 3 N–H and O–H groups in total. The molecule has 2 heterocycles. The Morgan fingerprint density at radius 2 is 1.80 bits per heavy atom. The number of halogens is 3. The van der Waals surface area contributed by atoms with Crippen LogP contribution >= 0.6 is 11.6 Å². The highest BCUT2D eigenvalue weighted by Crippen LogP contribution is 2.21. The average Bonchev–Trinajstić information content (AvgIpc) is 3.19. The number of H-pyrrole nitrogens is 1. The molecule has 1 aliphatic rings. The predicted molar refractivity (Wildman–Crippen MR) is 106 cm³/mol. The van der Waals surface area contributed by atoms with E-state index in [1.54, 1.807) is 5.01 Å². The minimum Gasteiger partial charge on any atom is -0.305 e. The zero-order valence-electron chi connectivity index (χ0n) is 15.5. The van der Waals surface area contributed by atoms with E-state index in [9.17, 15) is 18.4 Å². The number of anilines is 1. The van der Waals surface area contributed by atoms with Crippen molar-refractivity contribution in [3.8, 4) is 0 Å². The number of nitrogens with one attached hydrogen (secondary N) is 3. The fourth-order valence-corrected chi connectivity index (χ4v) is 3.41. The van der Waals surface area contributed by atoms with Crippen LogP contribution in [0.3, 0.4) is 0 Å². The Bertz CT molecular complexity index is 1130. The Hall–Kier alpha value is -3.30. The molecule has 1 aromatic heterocycles. The summed E-state index contributed by atoms with van der Waals surface area (Å²) in [5.74, 6) is -3.53. The van der Waals surface area contributed by atoms with E-state index < -0.39 is 23.4 Å². The second kappa shape index (κ2) is 8.21. The van der Waals surface area contributed by atoms with Gasteiger partial charge in [-0.25, -0.2) is 13.8 Å². The number of carbonyl (C=O) groups is 2. The number of rotatable bonds is 4. The van der Waals surface area contributed by atoms with Gasteiger partial charge in [-0.2, -0.15) is 5.10 Å². The molecule has 0 atom stereocenters. The van der Waals surface area contributed by atoms with Crippen molar-refractivity contribution in [1.82, 2.24) is 20.6 Å². The fourth-order valence-electron chi connectivity index (χ4n) is 3.18. The van der Waals surface area contributed by atoms with E-state index in [0.29, 0.717) is 25.2 Å². The monoisotopic (exact) mass is 431 g/mol. The number of aromatic nitrogens is 2. The van der Waals surface area contributed by atoms with Crippen molar-refractivity contribution in [2.45, 2.75) is 13.0 Å². The van der Waals surface area contributed by atoms with E-state index in [1.165, 1.54) is 11.6 Å². The molecule has 0 aliphatic carbocycles. The highest BCUT2D eigenvalue weighted by Gasteiger charge is 2.20. The molecule has 0 fully saturated rings. The van der Waals surface area contributed by atoms with Gasteiger partial charge in [0.2, 0.25) is 0 Å². The maximum atomic E-state index is 13.4. The number of hydrogen-bond acceptors (Lipinski definition) is 4. The molecule has 7 nitrogen and oxygen atoms in total. The summed E-state index contributed by atoms with van der Waals surface area (Å²) in [4.78, 5) is 24.7. The molecule has 2 aromatic carbocycles. The van der Waals surface area contributed by atoms with Crippen LogP contribution in [0.5, 0.6) is 0 Å². The van der Waals surface area contributed by atoms with Crippen LogP contribution in [-0.4, -0.2) is 33.6 Å². The largest absolute Gasteiger partial charge is 0.305 e. The molecule has 0 bridgehead atoms. The second-order valence-electron chi connectivity index (χ2n) is 6.75. The molecule has 0 saturated heterocycles. The van der Waals surface area contributed by atoms with Crippen LogP contribution in [0, 0.1) is 11.6 Å². The van der Waals surface area contributed by atoms with Gasteiger partial charge in [-0.15, -0.1) is 0 Å². The number of aromatic amines is 1. The van der Waals surface area contributed by atoms with Gasteiger partial charge in [0.15, 0.2) is 17.5 Å². The van der Waals surface area contributed by atoms with Gasteiger partial charge in [-0.1, -0.05) is 35.9 Å². The molecule has 0 saturated carbocycles. The average molecular weight is 432 g/mol. The lowest BCUT2D eigenvalue weighted by molar-refractivity contribution is 0.0758. The lowest BCUT2D eigenvalue weighted by Gasteiger charge is -2.28. The maximum absolute atomic E-state index is 13.4. The van der Waals surface area contributed by atoms with Crippen molar-refractivity contribution in [3.63, 3.8) is 0 Å². The molecule has 154 valence electrons. The molecule has 10 heteroatoms. The van der Waals surface area contributed by atoms with Gasteiger partial charge in [0.05, 0.1) is 10.6 Å². The smallest absolute Gasteiger partial charge is 0.283 e. The summed E-state index contributed by atoms with van der Waals surface area (Å²) < 4.78 is 26.6. The number of fused-ring (bicyclic) bond motifs is 1. The summed E-state index contributed by atoms with van der Waals surface area (Å²) in [6, 6.07) is 10.8. The van der Waals surface area contributed by atoms with Gasteiger partial charge in [0, 0.05) is 19.2 Å². The van der Waals surface area contributed by atoms with Gasteiger partial charge >= 0.3 is 0 Å². The van der Waals surface area contributed by atoms with Crippen molar-refractivity contribution in [2.24, 2.45) is 0 Å². The third-order valence-corrected chi connectivity index (χ3v) is 5.02. The molecule has 30 heavy (non-hydrogen) atoms. The van der Waals surface area contributed by atoms with Crippen molar-refractivity contribution >= 4 is 29.2 Å². The van der Waals surface area contributed by atoms with E-state index in [4.69, 9.17) is 11.6 Å². The number of carbonyl (C=O) groups excluding carboxylic acids is 2. The van der Waals surface area contributed by atoms with Gasteiger partial charge < -0.3 is 5.32 Å². The Balaban J connectivity index is 1.40. The van der Waals surface area contributed by atoms with Crippen LogP contribution in [0.1, 0.15) is 32.0 Å². The Labute approximate surface area is 175 Å². The van der Waals surface area contributed by atoms with Crippen molar-refractivity contribution in [1.29, 1.82) is 0 Å². The Kier molecular flexibility index (Phi) is 5.47. The summed E-state index contributed by atoms with van der Waals surface area (Å²) in [5, 5.41) is 10.3. The van der Waals surface area contributed by atoms with E-state index in [-0.39, 0.29) is 22.1 Å². The second-order valence-corrected chi connectivity index (χ2v) is 7.16. The van der Waals surface area contributed by atoms with Crippen LogP contribution in [0.2, 0.25) is 5.02 Å². The maximum Gasteiger partial charge on any atom is 0.283 e. The summed E-state index contributed by atoms with van der Waals surface area (Å²) in [5.41, 5.74) is 5.07. The standard InChI is InChI=1S/C20H16ClF2N5O2/c21-14-8-16(23)15(22)7-13(14)19(29)24-18-9-17(25-26-18)20(30)27-28-6-5-11-3-1-2-4-12(11)10-28/h1-4,7-9H,5-6,10H2,(H,27,30)(H2,24,25,26,29). The van der Waals surface area contributed by atoms with Crippen molar-refractivity contribution in [3.05, 3.63) is 81.5 Å². The van der Waals surface area contributed by atoms with Gasteiger partial charge in [0.25, 0.3) is 11.8 Å². The summed E-state index contributed by atoms with van der Waals surface area (Å²) in [6.45, 7) is 1.24. The normalized spacial score (nSPS) is 13.6. The quantitative estimate of drug-likeness (QED) is 0.553. The zero-order chi connectivity index (χ0) is 21.3. The first-order valence-electron chi connectivity index (χ1n) is 9.04. The van der Waals surface area contributed by atoms with Crippen LogP contribution < -0.4 is 10.7 Å². The SMILES string of the molecule is O=C(NN1CCc2ccccc2C1)c1cc(NC(=O)c2cc(F)c(F)cc2Cl)n[nH]1. The molecule has 2 amide bonds. The highest BCUT2D eigenvalue weighted by molar-refractivity contribution is 6.34. The Morgan fingerprint density at radius 3 is 2.60 bits per heavy atom. The minimum absolute atomic E-state index is 0.0370. The van der Waals surface area contributed by atoms with Crippen LogP contribution in [0.4, 0.5) is 14.6 Å². The van der Waals surface area contributed by atoms with Crippen molar-refractivity contribution < 1.29 is 18.4 Å². The Morgan fingerprint density at radius 1 is 1.07 bits per heavy atom. The lowest BCUT2D eigenvalue weighted by atomic mass is 10.0. The molecule has 0 radical (unpaired) electrons.